The second kappa shape index (κ2) is 7.49. The molecule has 0 aliphatic carbocycles. The van der Waals surface area contributed by atoms with Crippen molar-refractivity contribution in [1.82, 2.24) is 15.5 Å². The summed E-state index contributed by atoms with van der Waals surface area (Å²) in [6.07, 6.45) is 4.30. The number of unbranched alkanes of at least 4 members (excludes halogenated alkanes) is 1. The third-order valence-electron chi connectivity index (χ3n) is 3.01. The fraction of sp³-hybridized carbons (Fsp3) is 0.917. The van der Waals surface area contributed by atoms with Crippen molar-refractivity contribution in [3.05, 3.63) is 0 Å². The summed E-state index contributed by atoms with van der Waals surface area (Å²) in [5, 5.41) is 6.32. The molecule has 2 N–H and O–H groups in total. The maximum absolute atomic E-state index is 12.0. The zero-order valence-electron chi connectivity index (χ0n) is 10.6. The van der Waals surface area contributed by atoms with Crippen molar-refractivity contribution in [3.63, 3.8) is 0 Å². The second-order valence-electron chi connectivity index (χ2n) is 4.43. The number of nitrogens with zero attached hydrogens (tertiary/aromatic N) is 1. The molecule has 1 aliphatic rings. The molecule has 1 unspecified atom stereocenters. The molecular weight excluding hydrogens is 202 g/mol. The molecule has 4 nitrogen and oxygen atoms in total. The van der Waals surface area contributed by atoms with Crippen LogP contribution in [0.5, 0.6) is 0 Å². The van der Waals surface area contributed by atoms with Gasteiger partial charge in [0, 0.05) is 25.7 Å². The van der Waals surface area contributed by atoms with Crippen LogP contribution in [0, 0.1) is 0 Å². The maximum Gasteiger partial charge on any atom is 0.317 e. The van der Waals surface area contributed by atoms with E-state index in [1.54, 1.807) is 0 Å². The van der Waals surface area contributed by atoms with Gasteiger partial charge < -0.3 is 15.5 Å². The van der Waals surface area contributed by atoms with Crippen molar-refractivity contribution < 1.29 is 4.79 Å². The number of carbonyl (C=O) groups is 1. The summed E-state index contributed by atoms with van der Waals surface area (Å²) in [5.74, 6) is 0. The third-order valence-corrected chi connectivity index (χ3v) is 3.01. The van der Waals surface area contributed by atoms with Crippen LogP contribution in [-0.4, -0.2) is 43.2 Å². The van der Waals surface area contributed by atoms with E-state index in [-0.39, 0.29) is 6.03 Å². The van der Waals surface area contributed by atoms with Gasteiger partial charge in [-0.1, -0.05) is 20.3 Å². The molecule has 1 fully saturated rings. The van der Waals surface area contributed by atoms with Crippen molar-refractivity contribution in [2.24, 2.45) is 0 Å². The van der Waals surface area contributed by atoms with E-state index in [2.05, 4.69) is 24.5 Å². The fourth-order valence-electron chi connectivity index (χ4n) is 2.07. The number of rotatable bonds is 6. The molecule has 1 atom stereocenters. The Hall–Kier alpha value is -0.770. The monoisotopic (exact) mass is 227 g/mol. The number of carbonyl (C=O) groups excluding carboxylic acids is 1. The Morgan fingerprint density at radius 3 is 2.81 bits per heavy atom. The minimum Gasteiger partial charge on any atom is -0.338 e. The number of nitrogens with one attached hydrogen (secondary N) is 2. The van der Waals surface area contributed by atoms with Gasteiger partial charge in [0.15, 0.2) is 0 Å². The molecule has 0 aromatic heterocycles. The van der Waals surface area contributed by atoms with E-state index >= 15 is 0 Å². The maximum atomic E-state index is 12.0. The van der Waals surface area contributed by atoms with Crippen molar-refractivity contribution in [2.75, 3.05) is 26.2 Å². The van der Waals surface area contributed by atoms with Crippen LogP contribution in [-0.2, 0) is 0 Å². The summed E-state index contributed by atoms with van der Waals surface area (Å²) in [6.45, 7) is 7.90. The van der Waals surface area contributed by atoms with Crippen LogP contribution in [0.4, 0.5) is 4.79 Å². The first-order chi connectivity index (χ1) is 7.79. The van der Waals surface area contributed by atoms with Gasteiger partial charge in [0.05, 0.1) is 0 Å². The van der Waals surface area contributed by atoms with E-state index in [4.69, 9.17) is 0 Å². The quantitative estimate of drug-likeness (QED) is 0.677. The van der Waals surface area contributed by atoms with Gasteiger partial charge in [-0.3, -0.25) is 0 Å². The molecule has 0 aromatic rings. The Bertz CT molecular complexity index is 202. The van der Waals surface area contributed by atoms with Crippen LogP contribution in [0.2, 0.25) is 0 Å². The Kier molecular flexibility index (Phi) is 6.23. The van der Waals surface area contributed by atoms with Gasteiger partial charge in [0.1, 0.15) is 0 Å². The highest BCUT2D eigenvalue weighted by Gasteiger charge is 2.25. The molecule has 0 radical (unpaired) electrons. The van der Waals surface area contributed by atoms with Gasteiger partial charge in [-0.15, -0.1) is 0 Å². The lowest BCUT2D eigenvalue weighted by atomic mass is 10.2. The average Bonchev–Trinajstić information content (AvgIpc) is 2.79. The molecule has 1 saturated heterocycles. The molecule has 0 spiro atoms. The summed E-state index contributed by atoms with van der Waals surface area (Å²) in [4.78, 5) is 14.0. The Balaban J connectivity index is 2.38. The largest absolute Gasteiger partial charge is 0.338 e. The van der Waals surface area contributed by atoms with Crippen LogP contribution in [0.25, 0.3) is 0 Å². The molecule has 0 aromatic carbocycles. The Morgan fingerprint density at radius 1 is 1.44 bits per heavy atom. The summed E-state index contributed by atoms with van der Waals surface area (Å²) in [6, 6.07) is 0.505. The van der Waals surface area contributed by atoms with Crippen LogP contribution >= 0.6 is 0 Å². The molecule has 0 bridgehead atoms. The first-order valence-electron chi connectivity index (χ1n) is 6.54. The van der Waals surface area contributed by atoms with Crippen LogP contribution in [0.1, 0.15) is 39.5 Å². The van der Waals surface area contributed by atoms with E-state index in [1.807, 2.05) is 4.90 Å². The van der Waals surface area contributed by atoms with E-state index in [1.165, 1.54) is 0 Å². The lowest BCUT2D eigenvalue weighted by Gasteiger charge is -2.28. The predicted molar refractivity (Wildman–Crippen MR) is 66.6 cm³/mol. The lowest BCUT2D eigenvalue weighted by molar-refractivity contribution is 0.178. The smallest absolute Gasteiger partial charge is 0.317 e. The second-order valence-corrected chi connectivity index (χ2v) is 4.43. The minimum absolute atomic E-state index is 0.115. The Morgan fingerprint density at radius 2 is 2.25 bits per heavy atom. The summed E-state index contributed by atoms with van der Waals surface area (Å²) in [7, 11) is 0. The SMILES string of the molecule is CCCCNC(=O)N(CCC)C1CCNC1. The predicted octanol–water partition coefficient (Wildman–Crippen LogP) is 1.57. The molecule has 1 aliphatic heterocycles. The highest BCUT2D eigenvalue weighted by molar-refractivity contribution is 5.74. The van der Waals surface area contributed by atoms with Crippen molar-refractivity contribution >= 4 is 6.03 Å². The normalized spacial score (nSPS) is 19.8. The first-order valence-corrected chi connectivity index (χ1v) is 6.54. The van der Waals surface area contributed by atoms with E-state index in [9.17, 15) is 4.79 Å². The molecule has 94 valence electrons. The minimum atomic E-state index is 0.115. The topological polar surface area (TPSA) is 44.4 Å². The molecule has 0 saturated carbocycles. The Labute approximate surface area is 98.8 Å². The van der Waals surface area contributed by atoms with Gasteiger partial charge in [0.25, 0.3) is 0 Å². The number of urea groups is 1. The summed E-state index contributed by atoms with van der Waals surface area (Å²) in [5.41, 5.74) is 0. The van der Waals surface area contributed by atoms with E-state index < -0.39 is 0 Å². The highest BCUT2D eigenvalue weighted by atomic mass is 16.2. The first kappa shape index (κ1) is 13.3. The molecule has 2 amide bonds. The van der Waals surface area contributed by atoms with Crippen LogP contribution in [0.3, 0.4) is 0 Å². The molecular formula is C12H25N3O. The summed E-state index contributed by atoms with van der Waals surface area (Å²) < 4.78 is 0. The fourth-order valence-corrected chi connectivity index (χ4v) is 2.07. The number of hydrogen-bond acceptors (Lipinski definition) is 2. The number of amides is 2. The van der Waals surface area contributed by atoms with E-state index in [0.29, 0.717) is 6.04 Å². The van der Waals surface area contributed by atoms with Gasteiger partial charge in [-0.2, -0.15) is 0 Å². The zero-order valence-corrected chi connectivity index (χ0v) is 10.6. The summed E-state index contributed by atoms with van der Waals surface area (Å²) >= 11 is 0. The molecule has 1 rings (SSSR count). The van der Waals surface area contributed by atoms with Crippen molar-refractivity contribution in [1.29, 1.82) is 0 Å². The molecule has 1 heterocycles. The van der Waals surface area contributed by atoms with Gasteiger partial charge in [-0.05, 0) is 25.8 Å². The van der Waals surface area contributed by atoms with Gasteiger partial charge in [-0.25, -0.2) is 4.79 Å². The zero-order chi connectivity index (χ0) is 11.8. The van der Waals surface area contributed by atoms with Gasteiger partial charge >= 0.3 is 6.03 Å². The van der Waals surface area contributed by atoms with Crippen molar-refractivity contribution in [3.8, 4) is 0 Å². The van der Waals surface area contributed by atoms with E-state index in [0.717, 1.165) is 51.9 Å². The standard InChI is InChI=1S/C12H25N3O/c1-3-5-7-14-12(16)15(9-4-2)11-6-8-13-10-11/h11,13H,3-10H2,1-2H3,(H,14,16). The molecule has 16 heavy (non-hydrogen) atoms. The van der Waals surface area contributed by atoms with Gasteiger partial charge in [0.2, 0.25) is 0 Å². The van der Waals surface area contributed by atoms with Crippen LogP contribution < -0.4 is 10.6 Å². The lowest BCUT2D eigenvalue weighted by Crippen LogP contribution is -2.47. The highest BCUT2D eigenvalue weighted by Crippen LogP contribution is 2.09. The number of hydrogen-bond donors (Lipinski definition) is 2. The molecule has 4 heteroatoms. The van der Waals surface area contributed by atoms with Crippen LogP contribution in [0.15, 0.2) is 0 Å². The van der Waals surface area contributed by atoms with Crippen molar-refractivity contribution in [2.45, 2.75) is 45.6 Å². The third kappa shape index (κ3) is 4.00. The average molecular weight is 227 g/mol.